The van der Waals surface area contributed by atoms with Crippen LogP contribution in [-0.2, 0) is 0 Å². The van der Waals surface area contributed by atoms with E-state index in [0.717, 1.165) is 24.8 Å². The summed E-state index contributed by atoms with van der Waals surface area (Å²) in [5, 5.41) is 9.12. The third-order valence-electron chi connectivity index (χ3n) is 5.23. The first kappa shape index (κ1) is 15.7. The highest BCUT2D eigenvalue weighted by molar-refractivity contribution is 7.80. The molecule has 19 heavy (non-hydrogen) atoms. The molecular formula is C16H31NOS. The van der Waals surface area contributed by atoms with Crippen molar-refractivity contribution in [1.29, 1.82) is 0 Å². The summed E-state index contributed by atoms with van der Waals surface area (Å²) in [5.41, 5.74) is 0.449. The smallest absolute Gasteiger partial charge is 0.0443 e. The number of rotatable bonds is 7. The minimum absolute atomic E-state index is 0.330. The molecule has 0 amide bonds. The molecule has 2 aliphatic rings. The largest absolute Gasteiger partial charge is 0.396 e. The van der Waals surface area contributed by atoms with E-state index >= 15 is 0 Å². The SMILES string of the molecule is OCCCN(CC1(CS)CCCCCC1)C1CCC1. The number of nitrogens with zero attached hydrogens (tertiary/aromatic N) is 1. The Hall–Kier alpha value is 0.270. The van der Waals surface area contributed by atoms with Crippen molar-refractivity contribution in [3.05, 3.63) is 0 Å². The topological polar surface area (TPSA) is 23.5 Å². The van der Waals surface area contributed by atoms with Crippen molar-refractivity contribution in [1.82, 2.24) is 4.90 Å². The van der Waals surface area contributed by atoms with Crippen LogP contribution in [0.2, 0.25) is 0 Å². The maximum Gasteiger partial charge on any atom is 0.0443 e. The van der Waals surface area contributed by atoms with Gasteiger partial charge in [-0.15, -0.1) is 0 Å². The highest BCUT2D eigenvalue weighted by Crippen LogP contribution is 2.38. The van der Waals surface area contributed by atoms with Crippen molar-refractivity contribution in [2.75, 3.05) is 25.4 Å². The lowest BCUT2D eigenvalue weighted by Crippen LogP contribution is -2.47. The Morgan fingerprint density at radius 1 is 1.05 bits per heavy atom. The van der Waals surface area contributed by atoms with E-state index in [1.807, 2.05) is 0 Å². The van der Waals surface area contributed by atoms with Crippen molar-refractivity contribution in [2.45, 2.75) is 70.3 Å². The zero-order valence-corrected chi connectivity index (χ0v) is 13.2. The molecule has 1 N–H and O–H groups in total. The van der Waals surface area contributed by atoms with Crippen LogP contribution in [0.15, 0.2) is 0 Å². The van der Waals surface area contributed by atoms with Crippen molar-refractivity contribution in [3.8, 4) is 0 Å². The Morgan fingerprint density at radius 3 is 2.21 bits per heavy atom. The molecule has 0 heterocycles. The number of aliphatic hydroxyl groups excluding tert-OH is 1. The van der Waals surface area contributed by atoms with E-state index in [1.165, 1.54) is 64.3 Å². The molecule has 0 bridgehead atoms. The van der Waals surface area contributed by atoms with Gasteiger partial charge in [0, 0.05) is 25.7 Å². The molecule has 0 aromatic carbocycles. The molecule has 2 nitrogen and oxygen atoms in total. The molecular weight excluding hydrogens is 254 g/mol. The van der Waals surface area contributed by atoms with E-state index in [4.69, 9.17) is 17.7 Å². The fourth-order valence-electron chi connectivity index (χ4n) is 3.69. The van der Waals surface area contributed by atoms with Gasteiger partial charge < -0.3 is 5.11 Å². The lowest BCUT2D eigenvalue weighted by atomic mass is 9.80. The van der Waals surface area contributed by atoms with Crippen LogP contribution in [0.4, 0.5) is 0 Å². The zero-order chi connectivity index (χ0) is 13.6. The van der Waals surface area contributed by atoms with Crippen LogP contribution in [0.25, 0.3) is 0 Å². The lowest BCUT2D eigenvalue weighted by molar-refractivity contribution is 0.0641. The van der Waals surface area contributed by atoms with Gasteiger partial charge in [0.1, 0.15) is 0 Å². The van der Waals surface area contributed by atoms with Crippen molar-refractivity contribution >= 4 is 12.6 Å². The first-order valence-corrected chi connectivity index (χ1v) is 8.89. The predicted octanol–water partition coefficient (Wildman–Crippen LogP) is 3.49. The lowest BCUT2D eigenvalue weighted by Gasteiger charge is -2.44. The van der Waals surface area contributed by atoms with Gasteiger partial charge in [0.15, 0.2) is 0 Å². The summed E-state index contributed by atoms with van der Waals surface area (Å²) in [4.78, 5) is 2.68. The summed E-state index contributed by atoms with van der Waals surface area (Å²) >= 11 is 4.70. The van der Waals surface area contributed by atoms with E-state index in [2.05, 4.69) is 4.90 Å². The average molecular weight is 285 g/mol. The van der Waals surface area contributed by atoms with Gasteiger partial charge in [0.25, 0.3) is 0 Å². The second-order valence-electron chi connectivity index (χ2n) is 6.70. The van der Waals surface area contributed by atoms with Gasteiger partial charge in [-0.1, -0.05) is 32.1 Å². The quantitative estimate of drug-likeness (QED) is 0.552. The van der Waals surface area contributed by atoms with Gasteiger partial charge in [-0.3, -0.25) is 4.90 Å². The Bertz CT molecular complexity index is 247. The summed E-state index contributed by atoms with van der Waals surface area (Å²) in [6, 6.07) is 0.798. The summed E-state index contributed by atoms with van der Waals surface area (Å²) in [5.74, 6) is 1.04. The standard InChI is InChI=1S/C16H31NOS/c18-12-6-11-17(15-7-5-8-15)13-16(14-19)9-3-1-2-4-10-16/h15,18-19H,1-14H2. The molecule has 0 aromatic rings. The van der Waals surface area contributed by atoms with Crippen molar-refractivity contribution in [2.24, 2.45) is 5.41 Å². The highest BCUT2D eigenvalue weighted by atomic mass is 32.1. The van der Waals surface area contributed by atoms with Gasteiger partial charge >= 0.3 is 0 Å². The Balaban J connectivity index is 1.95. The van der Waals surface area contributed by atoms with Crippen LogP contribution in [0.5, 0.6) is 0 Å². The minimum Gasteiger partial charge on any atom is -0.396 e. The van der Waals surface area contributed by atoms with E-state index < -0.39 is 0 Å². The zero-order valence-electron chi connectivity index (χ0n) is 12.3. The molecule has 2 rings (SSSR count). The normalized spacial score (nSPS) is 24.2. The molecule has 2 saturated carbocycles. The molecule has 3 heteroatoms. The molecule has 0 unspecified atom stereocenters. The van der Waals surface area contributed by atoms with Crippen LogP contribution in [0, 0.1) is 5.41 Å². The van der Waals surface area contributed by atoms with Crippen LogP contribution >= 0.6 is 12.6 Å². The molecule has 0 atom stereocenters. The molecule has 112 valence electrons. The second-order valence-corrected chi connectivity index (χ2v) is 7.02. The number of hydrogen-bond donors (Lipinski definition) is 2. The summed E-state index contributed by atoms with van der Waals surface area (Å²) in [6.45, 7) is 2.63. The second kappa shape index (κ2) is 7.90. The number of aliphatic hydroxyl groups is 1. The molecule has 0 radical (unpaired) electrons. The first-order valence-electron chi connectivity index (χ1n) is 8.25. The molecule has 0 aliphatic heterocycles. The van der Waals surface area contributed by atoms with Crippen molar-refractivity contribution in [3.63, 3.8) is 0 Å². The maximum atomic E-state index is 9.12. The van der Waals surface area contributed by atoms with Crippen LogP contribution in [-0.4, -0.2) is 41.5 Å². The van der Waals surface area contributed by atoms with Gasteiger partial charge in [-0.2, -0.15) is 12.6 Å². The number of thiol groups is 1. The minimum atomic E-state index is 0.330. The monoisotopic (exact) mass is 285 g/mol. The van der Waals surface area contributed by atoms with E-state index in [-0.39, 0.29) is 0 Å². The Labute approximate surface area is 124 Å². The molecule has 2 aliphatic carbocycles. The van der Waals surface area contributed by atoms with Crippen molar-refractivity contribution < 1.29 is 5.11 Å². The third-order valence-corrected chi connectivity index (χ3v) is 5.90. The van der Waals surface area contributed by atoms with Gasteiger partial charge in [0.05, 0.1) is 0 Å². The van der Waals surface area contributed by atoms with Crippen LogP contribution < -0.4 is 0 Å². The summed E-state index contributed by atoms with van der Waals surface area (Å²) in [6.07, 6.45) is 13.4. The first-order chi connectivity index (χ1) is 9.29. The fourth-order valence-corrected chi connectivity index (χ4v) is 4.11. The predicted molar refractivity (Wildman–Crippen MR) is 84.9 cm³/mol. The van der Waals surface area contributed by atoms with Crippen LogP contribution in [0.1, 0.15) is 64.2 Å². The van der Waals surface area contributed by atoms with E-state index in [0.29, 0.717) is 12.0 Å². The maximum absolute atomic E-state index is 9.12. The molecule has 2 fully saturated rings. The average Bonchev–Trinajstić information content (AvgIpc) is 2.60. The third kappa shape index (κ3) is 4.37. The summed E-state index contributed by atoms with van der Waals surface area (Å²) in [7, 11) is 0. The number of hydrogen-bond acceptors (Lipinski definition) is 3. The Morgan fingerprint density at radius 2 is 1.74 bits per heavy atom. The Kier molecular flexibility index (Phi) is 6.51. The molecule has 0 saturated heterocycles. The van der Waals surface area contributed by atoms with Crippen LogP contribution in [0.3, 0.4) is 0 Å². The van der Waals surface area contributed by atoms with Gasteiger partial charge in [-0.05, 0) is 43.3 Å². The van der Waals surface area contributed by atoms with Gasteiger partial charge in [0.2, 0.25) is 0 Å². The molecule has 0 spiro atoms. The van der Waals surface area contributed by atoms with Gasteiger partial charge in [-0.25, -0.2) is 0 Å². The molecule has 0 aromatic heterocycles. The summed E-state index contributed by atoms with van der Waals surface area (Å²) < 4.78 is 0. The van der Waals surface area contributed by atoms with E-state index in [9.17, 15) is 0 Å². The van der Waals surface area contributed by atoms with E-state index in [1.54, 1.807) is 0 Å². The fraction of sp³-hybridized carbons (Fsp3) is 1.00. The highest BCUT2D eigenvalue weighted by Gasteiger charge is 2.35.